The van der Waals surface area contributed by atoms with Crippen LogP contribution in [-0.2, 0) is 16.0 Å². The first-order valence-electron chi connectivity index (χ1n) is 9.05. The van der Waals surface area contributed by atoms with Crippen molar-refractivity contribution in [1.82, 2.24) is 19.5 Å². The van der Waals surface area contributed by atoms with Crippen LogP contribution in [0.5, 0.6) is 5.88 Å². The number of carbonyl (C=O) groups is 1. The van der Waals surface area contributed by atoms with Gasteiger partial charge in [0.25, 0.3) is 0 Å². The van der Waals surface area contributed by atoms with Crippen molar-refractivity contribution in [2.45, 2.75) is 32.2 Å². The third-order valence-electron chi connectivity index (χ3n) is 5.05. The van der Waals surface area contributed by atoms with Crippen LogP contribution in [0.15, 0.2) is 17.5 Å². The summed E-state index contributed by atoms with van der Waals surface area (Å²) in [4.78, 5) is 21.4. The number of fused-ring (bicyclic) bond motifs is 1. The molecular formula is C18H22N4O3S2. The van der Waals surface area contributed by atoms with Gasteiger partial charge in [-0.1, -0.05) is 24.3 Å². The first kappa shape index (κ1) is 18.4. The summed E-state index contributed by atoms with van der Waals surface area (Å²) in [7, 11) is 1.44. The molecule has 0 bridgehead atoms. The molecule has 4 rings (SSSR count). The Balaban J connectivity index is 1.66. The van der Waals surface area contributed by atoms with Crippen LogP contribution in [-0.4, -0.2) is 50.8 Å². The van der Waals surface area contributed by atoms with Crippen LogP contribution in [0.3, 0.4) is 0 Å². The molecule has 1 N–H and O–H groups in total. The minimum atomic E-state index is -0.129. The van der Waals surface area contributed by atoms with E-state index in [9.17, 15) is 9.90 Å². The normalized spacial score (nSPS) is 17.4. The van der Waals surface area contributed by atoms with Crippen LogP contribution in [0.25, 0.3) is 4.96 Å². The zero-order chi connectivity index (χ0) is 19.0. The number of aromatic nitrogens is 3. The molecule has 27 heavy (non-hydrogen) atoms. The molecule has 144 valence electrons. The molecule has 0 aliphatic carbocycles. The van der Waals surface area contributed by atoms with Gasteiger partial charge in [0.1, 0.15) is 0 Å². The largest absolute Gasteiger partial charge is 0.492 e. The Bertz CT molecular complexity index is 926. The summed E-state index contributed by atoms with van der Waals surface area (Å²) in [5, 5.41) is 17.3. The van der Waals surface area contributed by atoms with E-state index < -0.39 is 0 Å². The summed E-state index contributed by atoms with van der Waals surface area (Å²) in [5.41, 5.74) is 0. The standard InChI is InChI=1S/C18H22N4O3S2/c1-3-13-19-18-22(20-13)16(23)15(27-18)14(12-5-4-10-26-12)21-8-6-11(7-9-21)17(24)25-2/h4-5,10-11,14,23H,3,6-9H2,1-2H3/t14-/m0/s1. The van der Waals surface area contributed by atoms with Crippen molar-refractivity contribution in [3.05, 3.63) is 33.1 Å². The maximum Gasteiger partial charge on any atom is 0.308 e. The fourth-order valence-corrected chi connectivity index (χ4v) is 5.67. The Labute approximate surface area is 165 Å². The number of likely N-dealkylation sites (tertiary alicyclic amines) is 1. The van der Waals surface area contributed by atoms with Crippen molar-refractivity contribution < 1.29 is 14.6 Å². The number of piperidine rings is 1. The van der Waals surface area contributed by atoms with Crippen molar-refractivity contribution in [3.63, 3.8) is 0 Å². The monoisotopic (exact) mass is 406 g/mol. The van der Waals surface area contributed by atoms with Gasteiger partial charge in [0.15, 0.2) is 5.82 Å². The highest BCUT2D eigenvalue weighted by molar-refractivity contribution is 7.17. The number of hydrogen-bond donors (Lipinski definition) is 1. The van der Waals surface area contributed by atoms with E-state index in [1.165, 1.54) is 23.3 Å². The van der Waals surface area contributed by atoms with Crippen molar-refractivity contribution >= 4 is 33.6 Å². The minimum Gasteiger partial charge on any atom is -0.492 e. The molecule has 0 amide bonds. The molecule has 1 saturated heterocycles. The number of carbonyl (C=O) groups excluding carboxylic acids is 1. The molecule has 7 nitrogen and oxygen atoms in total. The van der Waals surface area contributed by atoms with E-state index >= 15 is 0 Å². The molecule has 1 aliphatic rings. The molecule has 0 spiro atoms. The van der Waals surface area contributed by atoms with Gasteiger partial charge in [0.2, 0.25) is 10.8 Å². The van der Waals surface area contributed by atoms with E-state index in [1.807, 2.05) is 18.4 Å². The number of thiazole rings is 1. The van der Waals surface area contributed by atoms with E-state index in [1.54, 1.807) is 15.9 Å². The molecule has 1 atom stereocenters. The minimum absolute atomic E-state index is 0.0433. The zero-order valence-electron chi connectivity index (χ0n) is 15.3. The van der Waals surface area contributed by atoms with Crippen LogP contribution in [0, 0.1) is 5.92 Å². The fraction of sp³-hybridized carbons (Fsp3) is 0.500. The van der Waals surface area contributed by atoms with Gasteiger partial charge in [-0.2, -0.15) is 4.52 Å². The quantitative estimate of drug-likeness (QED) is 0.656. The van der Waals surface area contributed by atoms with Crippen LogP contribution < -0.4 is 0 Å². The zero-order valence-corrected chi connectivity index (χ0v) is 16.9. The molecule has 0 saturated carbocycles. The molecule has 0 radical (unpaired) electrons. The van der Waals surface area contributed by atoms with E-state index in [-0.39, 0.29) is 23.8 Å². The number of methoxy groups -OCH3 is 1. The Morgan fingerprint density at radius 2 is 2.22 bits per heavy atom. The van der Waals surface area contributed by atoms with Crippen molar-refractivity contribution in [1.29, 1.82) is 0 Å². The maximum absolute atomic E-state index is 11.8. The molecule has 4 heterocycles. The Hall–Kier alpha value is -1.97. The topological polar surface area (TPSA) is 80.0 Å². The van der Waals surface area contributed by atoms with Crippen molar-refractivity contribution in [3.8, 4) is 5.88 Å². The lowest BCUT2D eigenvalue weighted by atomic mass is 9.95. The molecule has 3 aromatic rings. The summed E-state index contributed by atoms with van der Waals surface area (Å²) < 4.78 is 6.44. The second kappa shape index (κ2) is 7.57. The number of aromatic hydroxyl groups is 1. The van der Waals surface area contributed by atoms with Crippen molar-refractivity contribution in [2.75, 3.05) is 20.2 Å². The van der Waals surface area contributed by atoms with Crippen LogP contribution >= 0.6 is 22.7 Å². The van der Waals surface area contributed by atoms with Gasteiger partial charge in [-0.15, -0.1) is 16.4 Å². The highest BCUT2D eigenvalue weighted by atomic mass is 32.1. The highest BCUT2D eigenvalue weighted by Gasteiger charge is 2.34. The summed E-state index contributed by atoms with van der Waals surface area (Å²) in [5.74, 6) is 0.722. The van der Waals surface area contributed by atoms with Crippen LogP contribution in [0.2, 0.25) is 0 Å². The van der Waals surface area contributed by atoms with Gasteiger partial charge in [-0.3, -0.25) is 9.69 Å². The fourth-order valence-electron chi connectivity index (χ4n) is 3.60. The van der Waals surface area contributed by atoms with Gasteiger partial charge in [-0.25, -0.2) is 4.98 Å². The number of hydrogen-bond acceptors (Lipinski definition) is 8. The van der Waals surface area contributed by atoms with E-state index in [0.717, 1.165) is 43.1 Å². The summed E-state index contributed by atoms with van der Waals surface area (Å²) in [6.07, 6.45) is 2.25. The molecule has 3 aromatic heterocycles. The number of rotatable bonds is 5. The number of aryl methyl sites for hydroxylation is 1. The maximum atomic E-state index is 11.8. The third kappa shape index (κ3) is 3.35. The highest BCUT2D eigenvalue weighted by Crippen LogP contribution is 2.42. The molecule has 0 unspecified atom stereocenters. The van der Waals surface area contributed by atoms with E-state index in [2.05, 4.69) is 21.0 Å². The number of ether oxygens (including phenoxy) is 1. The number of esters is 1. The van der Waals surface area contributed by atoms with E-state index in [0.29, 0.717) is 4.96 Å². The predicted octanol–water partition coefficient (Wildman–Crippen LogP) is 3.09. The van der Waals surface area contributed by atoms with Crippen molar-refractivity contribution in [2.24, 2.45) is 5.92 Å². The number of nitrogens with zero attached hydrogens (tertiary/aromatic N) is 4. The predicted molar refractivity (Wildman–Crippen MR) is 104 cm³/mol. The lowest BCUT2D eigenvalue weighted by Crippen LogP contribution is -2.39. The Kier molecular flexibility index (Phi) is 5.16. The van der Waals surface area contributed by atoms with Gasteiger partial charge >= 0.3 is 5.97 Å². The van der Waals surface area contributed by atoms with Gasteiger partial charge in [0, 0.05) is 11.3 Å². The lowest BCUT2D eigenvalue weighted by Gasteiger charge is -2.35. The average Bonchev–Trinajstić information content (AvgIpc) is 3.41. The summed E-state index contributed by atoms with van der Waals surface area (Å²) in [6.45, 7) is 3.54. The molecule has 9 heteroatoms. The van der Waals surface area contributed by atoms with Gasteiger partial charge < -0.3 is 9.84 Å². The lowest BCUT2D eigenvalue weighted by molar-refractivity contribution is -0.147. The average molecular weight is 407 g/mol. The van der Waals surface area contributed by atoms with Crippen LogP contribution in [0.1, 0.15) is 41.4 Å². The number of thiophene rings is 1. The Morgan fingerprint density at radius 1 is 1.44 bits per heavy atom. The van der Waals surface area contributed by atoms with E-state index in [4.69, 9.17) is 4.74 Å². The van der Waals surface area contributed by atoms with Gasteiger partial charge in [-0.05, 0) is 37.4 Å². The molecule has 1 aliphatic heterocycles. The first-order valence-corrected chi connectivity index (χ1v) is 10.7. The van der Waals surface area contributed by atoms with Crippen LogP contribution in [0.4, 0.5) is 0 Å². The smallest absolute Gasteiger partial charge is 0.308 e. The molecule has 1 fully saturated rings. The SMILES string of the molecule is CCc1nc2sc([C@H](c3cccs3)N3CCC(C(=O)OC)CC3)c(O)n2n1. The van der Waals surface area contributed by atoms with Gasteiger partial charge in [0.05, 0.1) is 23.9 Å². The second-order valence-electron chi connectivity index (χ2n) is 6.62. The second-order valence-corrected chi connectivity index (χ2v) is 8.61. The Morgan fingerprint density at radius 3 is 2.81 bits per heavy atom. The molecular weight excluding hydrogens is 384 g/mol. The third-order valence-corrected chi connectivity index (χ3v) is 7.05. The first-order chi connectivity index (χ1) is 13.1. The summed E-state index contributed by atoms with van der Waals surface area (Å²) >= 11 is 3.16. The molecule has 0 aromatic carbocycles. The summed E-state index contributed by atoms with van der Waals surface area (Å²) in [6, 6.07) is 4.06.